The first kappa shape index (κ1) is 30.1. The van der Waals surface area contributed by atoms with E-state index in [-0.39, 0.29) is 101 Å². The summed E-state index contributed by atoms with van der Waals surface area (Å²) < 4.78 is 15.4. The van der Waals surface area contributed by atoms with E-state index in [9.17, 15) is 24.4 Å². The average molecular weight is 500 g/mol. The van der Waals surface area contributed by atoms with Gasteiger partial charge in [-0.25, -0.2) is 4.57 Å². The van der Waals surface area contributed by atoms with Crippen LogP contribution in [-0.2, 0) is 18.7 Å². The van der Waals surface area contributed by atoms with Crippen molar-refractivity contribution in [3.8, 4) is 0 Å². The number of aliphatic hydroxyl groups excluding tert-OH is 1. The number of Topliss-reactive ketones (excluding diaryl/α,β-unsaturated/α-hetero) is 1. The zero-order valence-corrected chi connectivity index (χ0v) is 24.9. The molecule has 0 amide bonds. The van der Waals surface area contributed by atoms with E-state index < -0.39 is 42.7 Å². The van der Waals surface area contributed by atoms with Gasteiger partial charge in [0, 0.05) is 16.7 Å². The second-order valence-corrected chi connectivity index (χ2v) is 11.6. The van der Waals surface area contributed by atoms with E-state index in [0.717, 1.165) is 12.0 Å². The molecule has 0 aromatic heterocycles. The molecule has 8 nitrogen and oxygen atoms in total. The molecule has 8 atom stereocenters. The molecule has 33 heavy (non-hydrogen) atoms. The van der Waals surface area contributed by atoms with Crippen molar-refractivity contribution in [3.05, 3.63) is 23.8 Å². The summed E-state index contributed by atoms with van der Waals surface area (Å²) in [4.78, 5) is 42.8. The maximum absolute atomic E-state index is 12.9. The van der Waals surface area contributed by atoms with E-state index in [1.807, 2.05) is 6.08 Å². The summed E-state index contributed by atoms with van der Waals surface area (Å²) in [7, 11) is -4.85. The third-order valence-electron chi connectivity index (χ3n) is 8.79. The molecule has 0 unspecified atom stereocenters. The third kappa shape index (κ3) is 4.78. The number of aliphatic hydroxyl groups is 2. The molecule has 11 heteroatoms. The molecule has 0 aromatic rings. The number of carbonyl (C=O) groups excluding carboxylic acids is 2. The Kier molecular flexibility index (Phi) is 9.08. The number of hydrogen-bond acceptors (Lipinski definition) is 6. The van der Waals surface area contributed by atoms with Crippen molar-refractivity contribution < 1.29 is 97.8 Å². The molecule has 0 aliphatic heterocycles. The Hall–Kier alpha value is 0.850. The average Bonchev–Trinajstić information content (AvgIpc) is 2.92. The first-order valence-corrected chi connectivity index (χ1v) is 12.3. The van der Waals surface area contributed by atoms with Gasteiger partial charge >= 0.3 is 66.9 Å². The maximum Gasteiger partial charge on any atom is 1.00 e. The Bertz CT molecular complexity index is 931. The SMILES string of the molecule is C[C@H]1C[C@@H]2[C@H]([C@@H](O)C[C@@]3(C)[C@H]2CC[C@]3(O)C(=O)COP(=O)(O)O)[C@@]2(C)C=CC(=O)C=C12.[Na+].[Na+]. The maximum atomic E-state index is 12.9. The Balaban J connectivity index is 0.00000193. The summed E-state index contributed by atoms with van der Waals surface area (Å²) in [5.41, 5.74) is -2.19. The predicted molar refractivity (Wildman–Crippen MR) is 111 cm³/mol. The van der Waals surface area contributed by atoms with Gasteiger partial charge in [-0.2, -0.15) is 0 Å². The van der Waals surface area contributed by atoms with Crippen LogP contribution in [0.4, 0.5) is 0 Å². The van der Waals surface area contributed by atoms with Gasteiger partial charge in [0.15, 0.2) is 11.6 Å². The van der Waals surface area contributed by atoms with Gasteiger partial charge in [-0.1, -0.05) is 32.4 Å². The van der Waals surface area contributed by atoms with Crippen LogP contribution in [0.25, 0.3) is 0 Å². The number of phosphoric acid groups is 1. The van der Waals surface area contributed by atoms with Crippen LogP contribution in [-0.4, -0.2) is 49.9 Å². The Morgan fingerprint density at radius 1 is 1.27 bits per heavy atom. The number of carbonyl (C=O) groups is 2. The smallest absolute Gasteiger partial charge is 0.393 e. The number of rotatable bonds is 4. The number of hydrogen-bond donors (Lipinski definition) is 4. The molecule has 4 rings (SSSR count). The van der Waals surface area contributed by atoms with Crippen molar-refractivity contribution >= 4 is 19.4 Å². The molecule has 3 fully saturated rings. The van der Waals surface area contributed by atoms with Crippen molar-refractivity contribution in [1.29, 1.82) is 0 Å². The van der Waals surface area contributed by atoms with Crippen molar-refractivity contribution in [2.24, 2.45) is 34.5 Å². The zero-order valence-electron chi connectivity index (χ0n) is 20.0. The third-order valence-corrected chi connectivity index (χ3v) is 9.26. The topological polar surface area (TPSA) is 141 Å². The van der Waals surface area contributed by atoms with E-state index in [4.69, 9.17) is 9.79 Å². The molecular formula is C22H31Na2O8P+2. The van der Waals surface area contributed by atoms with E-state index >= 15 is 0 Å². The molecule has 4 N–H and O–H groups in total. The Morgan fingerprint density at radius 3 is 2.52 bits per heavy atom. The fourth-order valence-corrected chi connectivity index (χ4v) is 7.76. The van der Waals surface area contributed by atoms with Gasteiger partial charge in [0.05, 0.1) is 6.10 Å². The van der Waals surface area contributed by atoms with Gasteiger partial charge < -0.3 is 20.0 Å². The van der Waals surface area contributed by atoms with Crippen molar-refractivity contribution in [3.63, 3.8) is 0 Å². The van der Waals surface area contributed by atoms with E-state index in [1.54, 1.807) is 19.1 Å². The first-order chi connectivity index (χ1) is 14.2. The largest absolute Gasteiger partial charge is 1.00 e. The molecule has 0 radical (unpaired) electrons. The number of phosphoric ester groups is 1. The number of allylic oxidation sites excluding steroid dienone is 4. The van der Waals surface area contributed by atoms with Crippen LogP contribution in [0.5, 0.6) is 0 Å². The number of ketones is 2. The minimum atomic E-state index is -4.85. The van der Waals surface area contributed by atoms with E-state index in [1.165, 1.54) is 0 Å². The normalized spacial score (nSPS) is 43.9. The van der Waals surface area contributed by atoms with Crippen molar-refractivity contribution in [1.82, 2.24) is 0 Å². The number of fused-ring (bicyclic) bond motifs is 5. The molecule has 0 spiro atoms. The van der Waals surface area contributed by atoms with Gasteiger partial charge in [-0.15, -0.1) is 0 Å². The summed E-state index contributed by atoms with van der Waals surface area (Å²) in [5, 5.41) is 22.8. The molecule has 0 aromatic carbocycles. The second kappa shape index (κ2) is 9.96. The quantitative estimate of drug-likeness (QED) is 0.226. The van der Waals surface area contributed by atoms with Gasteiger partial charge in [0.25, 0.3) is 0 Å². The first-order valence-electron chi connectivity index (χ1n) is 10.8. The minimum absolute atomic E-state index is 0. The fraction of sp³-hybridized carbons (Fsp3) is 0.727. The predicted octanol–water partition coefficient (Wildman–Crippen LogP) is -4.07. The molecular weight excluding hydrogens is 469 g/mol. The standard InChI is InChI=1S/C22H31O8P.2Na/c1-12-8-14-15-5-7-22(26,18(25)11-30-31(27,28)29)21(15,3)10-17(24)19(14)20(2)6-4-13(23)9-16(12)20;;/h4,6,9,12,14-15,17,19,24,26H,5,7-8,10-11H2,1-3H3,(H2,27,28,29);;/q;2*+1/t12-,14-,15-,17-,19+,20-,21-,22-;;/m0../s1. The van der Waals surface area contributed by atoms with Crippen LogP contribution in [0.1, 0.15) is 46.5 Å². The Morgan fingerprint density at radius 2 is 1.91 bits per heavy atom. The fourth-order valence-electron chi connectivity index (χ4n) is 7.47. The molecule has 4 aliphatic carbocycles. The van der Waals surface area contributed by atoms with Gasteiger partial charge in [-0.3, -0.25) is 14.1 Å². The van der Waals surface area contributed by atoms with Crippen molar-refractivity contribution in [2.75, 3.05) is 6.61 Å². The summed E-state index contributed by atoms with van der Waals surface area (Å²) in [6, 6.07) is 0. The van der Waals surface area contributed by atoms with Crippen LogP contribution in [0, 0.1) is 34.5 Å². The monoisotopic (exact) mass is 500 g/mol. The van der Waals surface area contributed by atoms with Crippen LogP contribution in [0.3, 0.4) is 0 Å². The van der Waals surface area contributed by atoms with Gasteiger partial charge in [0.2, 0.25) is 0 Å². The second-order valence-electron chi connectivity index (χ2n) is 10.3. The summed E-state index contributed by atoms with van der Waals surface area (Å²) >= 11 is 0. The van der Waals surface area contributed by atoms with Crippen LogP contribution < -0.4 is 59.1 Å². The summed E-state index contributed by atoms with van der Waals surface area (Å²) in [6.07, 6.45) is 6.03. The molecule has 0 saturated heterocycles. The molecule has 4 aliphatic rings. The molecule has 3 saturated carbocycles. The van der Waals surface area contributed by atoms with E-state index in [2.05, 4.69) is 18.4 Å². The Labute approximate surface area is 238 Å². The molecule has 0 heterocycles. The van der Waals surface area contributed by atoms with Crippen LogP contribution in [0.2, 0.25) is 0 Å². The van der Waals surface area contributed by atoms with Crippen LogP contribution >= 0.6 is 7.82 Å². The van der Waals surface area contributed by atoms with Crippen molar-refractivity contribution in [2.45, 2.75) is 58.2 Å². The van der Waals surface area contributed by atoms with Gasteiger partial charge in [-0.05, 0) is 55.6 Å². The summed E-state index contributed by atoms with van der Waals surface area (Å²) in [5.74, 6) is -0.826. The molecule has 172 valence electrons. The van der Waals surface area contributed by atoms with E-state index in [0.29, 0.717) is 6.42 Å². The minimum Gasteiger partial charge on any atom is -0.393 e. The van der Waals surface area contributed by atoms with Crippen LogP contribution in [0.15, 0.2) is 23.8 Å². The molecule has 0 bridgehead atoms. The van der Waals surface area contributed by atoms with Gasteiger partial charge in [0.1, 0.15) is 12.2 Å². The zero-order chi connectivity index (χ0) is 23.0. The summed E-state index contributed by atoms with van der Waals surface area (Å²) in [6.45, 7) is 5.06.